The van der Waals surface area contributed by atoms with E-state index in [1.807, 2.05) is 30.3 Å². The van der Waals surface area contributed by atoms with Gasteiger partial charge in [0.2, 0.25) is 0 Å². The molecule has 1 aliphatic rings. The van der Waals surface area contributed by atoms with Gasteiger partial charge in [0.15, 0.2) is 0 Å². The number of hydrogen-bond donors (Lipinski definition) is 1. The van der Waals surface area contributed by atoms with Crippen molar-refractivity contribution in [2.24, 2.45) is 0 Å². The zero-order chi connectivity index (χ0) is 20.5. The summed E-state index contributed by atoms with van der Waals surface area (Å²) in [6.07, 6.45) is 2.82. The molecular formula is C25H35NO3. The first-order chi connectivity index (χ1) is 14.2. The summed E-state index contributed by atoms with van der Waals surface area (Å²) in [6, 6.07) is 18.4. The molecule has 0 amide bonds. The molecular weight excluding hydrogens is 362 g/mol. The van der Waals surface area contributed by atoms with Gasteiger partial charge in [0, 0.05) is 25.6 Å². The number of benzene rings is 2. The topological polar surface area (TPSA) is 41.9 Å². The second-order valence-corrected chi connectivity index (χ2v) is 7.88. The van der Waals surface area contributed by atoms with Gasteiger partial charge in [-0.25, -0.2) is 0 Å². The first-order valence-corrected chi connectivity index (χ1v) is 11.0. The molecule has 158 valence electrons. The van der Waals surface area contributed by atoms with Crippen LogP contribution in [0, 0.1) is 0 Å². The molecule has 0 aliphatic carbocycles. The largest absolute Gasteiger partial charge is 0.494 e. The van der Waals surface area contributed by atoms with Gasteiger partial charge < -0.3 is 14.6 Å². The second kappa shape index (κ2) is 10.8. The van der Waals surface area contributed by atoms with Gasteiger partial charge in [-0.3, -0.25) is 4.90 Å². The lowest BCUT2D eigenvalue weighted by Crippen LogP contribution is -2.44. The molecule has 4 nitrogen and oxygen atoms in total. The van der Waals surface area contributed by atoms with Crippen LogP contribution in [0.5, 0.6) is 5.75 Å². The van der Waals surface area contributed by atoms with Crippen molar-refractivity contribution in [1.29, 1.82) is 0 Å². The Kier molecular flexibility index (Phi) is 8.10. The third kappa shape index (κ3) is 5.59. The monoisotopic (exact) mass is 397 g/mol. The molecule has 0 radical (unpaired) electrons. The summed E-state index contributed by atoms with van der Waals surface area (Å²) < 4.78 is 11.3. The number of aliphatic hydroxyl groups is 1. The van der Waals surface area contributed by atoms with Gasteiger partial charge in [-0.2, -0.15) is 0 Å². The van der Waals surface area contributed by atoms with Crippen molar-refractivity contribution in [3.8, 4) is 5.75 Å². The Morgan fingerprint density at radius 1 is 1.03 bits per heavy atom. The molecule has 3 rings (SSSR count). The summed E-state index contributed by atoms with van der Waals surface area (Å²) in [5, 5.41) is 11.9. The average Bonchev–Trinajstić information content (AvgIpc) is 2.79. The standard InChI is InChI=1S/C25H35NO3/c1-3-5-17-29-23-13-11-22(12-14-23)25(27,4-2)24(21-9-7-6-8-10-21)20-26-15-18-28-19-16-26/h6-14,24,27H,3-5,15-20H2,1-2H3/t24-,25-/m1/s1. The minimum atomic E-state index is -0.943. The number of unbranched alkanes of at least 4 members (excludes halogenated alkanes) is 1. The van der Waals surface area contributed by atoms with Crippen molar-refractivity contribution in [3.63, 3.8) is 0 Å². The summed E-state index contributed by atoms with van der Waals surface area (Å²) in [5.74, 6) is 0.851. The normalized spacial score (nSPS) is 18.2. The van der Waals surface area contributed by atoms with Crippen LogP contribution in [0.25, 0.3) is 0 Å². The Bertz CT molecular complexity index is 713. The molecule has 1 saturated heterocycles. The maximum Gasteiger partial charge on any atom is 0.119 e. The zero-order valence-electron chi connectivity index (χ0n) is 17.8. The minimum absolute atomic E-state index is 0.0151. The lowest BCUT2D eigenvalue weighted by molar-refractivity contribution is -0.0250. The maximum absolute atomic E-state index is 11.9. The van der Waals surface area contributed by atoms with Gasteiger partial charge in [-0.15, -0.1) is 0 Å². The van der Waals surface area contributed by atoms with Crippen LogP contribution in [0.15, 0.2) is 54.6 Å². The number of hydrogen-bond acceptors (Lipinski definition) is 4. The molecule has 0 bridgehead atoms. The molecule has 29 heavy (non-hydrogen) atoms. The van der Waals surface area contributed by atoms with E-state index < -0.39 is 5.60 Å². The predicted octanol–water partition coefficient (Wildman–Crippen LogP) is 4.58. The fourth-order valence-corrected chi connectivity index (χ4v) is 4.09. The van der Waals surface area contributed by atoms with Crippen molar-refractivity contribution < 1.29 is 14.6 Å². The third-order valence-electron chi connectivity index (χ3n) is 5.98. The minimum Gasteiger partial charge on any atom is -0.494 e. The lowest BCUT2D eigenvalue weighted by atomic mass is 9.75. The molecule has 0 aromatic heterocycles. The van der Waals surface area contributed by atoms with E-state index in [2.05, 4.69) is 43.0 Å². The highest BCUT2D eigenvalue weighted by Gasteiger charge is 2.39. The van der Waals surface area contributed by atoms with Crippen LogP contribution in [0.1, 0.15) is 50.2 Å². The molecule has 0 spiro atoms. The average molecular weight is 398 g/mol. The van der Waals surface area contributed by atoms with Crippen LogP contribution in [0.2, 0.25) is 0 Å². The predicted molar refractivity (Wildman–Crippen MR) is 117 cm³/mol. The maximum atomic E-state index is 11.9. The van der Waals surface area contributed by atoms with Crippen LogP contribution in [0.3, 0.4) is 0 Å². The molecule has 1 heterocycles. The summed E-state index contributed by atoms with van der Waals surface area (Å²) in [7, 11) is 0. The molecule has 2 aromatic carbocycles. The van der Waals surface area contributed by atoms with Crippen LogP contribution in [-0.2, 0) is 10.3 Å². The molecule has 2 aromatic rings. The summed E-state index contributed by atoms with van der Waals surface area (Å²) in [4.78, 5) is 2.41. The van der Waals surface area contributed by atoms with E-state index in [0.29, 0.717) is 6.42 Å². The first kappa shape index (κ1) is 21.8. The van der Waals surface area contributed by atoms with Gasteiger partial charge in [0.25, 0.3) is 0 Å². The van der Waals surface area contributed by atoms with Gasteiger partial charge >= 0.3 is 0 Å². The van der Waals surface area contributed by atoms with E-state index in [-0.39, 0.29) is 5.92 Å². The van der Waals surface area contributed by atoms with Crippen molar-refractivity contribution in [3.05, 3.63) is 65.7 Å². The molecule has 0 saturated carbocycles. The van der Waals surface area contributed by atoms with Gasteiger partial charge in [0.1, 0.15) is 5.75 Å². The highest BCUT2D eigenvalue weighted by atomic mass is 16.5. The Balaban J connectivity index is 1.86. The Labute approximate surface area is 175 Å². The zero-order valence-corrected chi connectivity index (χ0v) is 17.8. The van der Waals surface area contributed by atoms with E-state index in [9.17, 15) is 5.11 Å². The van der Waals surface area contributed by atoms with Gasteiger partial charge in [-0.1, -0.05) is 62.7 Å². The summed E-state index contributed by atoms with van der Waals surface area (Å²) in [5.41, 5.74) is 1.18. The molecule has 2 atom stereocenters. The molecule has 1 N–H and O–H groups in total. The fraction of sp³-hybridized carbons (Fsp3) is 0.520. The highest BCUT2D eigenvalue weighted by molar-refractivity contribution is 5.35. The lowest BCUT2D eigenvalue weighted by Gasteiger charge is -2.40. The van der Waals surface area contributed by atoms with E-state index in [1.165, 1.54) is 5.56 Å². The Morgan fingerprint density at radius 2 is 1.72 bits per heavy atom. The smallest absolute Gasteiger partial charge is 0.119 e. The van der Waals surface area contributed by atoms with Crippen molar-refractivity contribution >= 4 is 0 Å². The first-order valence-electron chi connectivity index (χ1n) is 11.0. The van der Waals surface area contributed by atoms with E-state index in [1.54, 1.807) is 0 Å². The van der Waals surface area contributed by atoms with Crippen LogP contribution in [-0.4, -0.2) is 49.5 Å². The SMILES string of the molecule is CCCCOc1ccc([C@](O)(CC)[C@H](CN2CCOCC2)c2ccccc2)cc1. The summed E-state index contributed by atoms with van der Waals surface area (Å²) in [6.45, 7) is 9.11. The number of morpholine rings is 1. The quantitative estimate of drug-likeness (QED) is 0.596. The second-order valence-electron chi connectivity index (χ2n) is 7.88. The van der Waals surface area contributed by atoms with Crippen molar-refractivity contribution in [2.75, 3.05) is 39.5 Å². The number of ether oxygens (including phenoxy) is 2. The third-order valence-corrected chi connectivity index (χ3v) is 5.98. The fourth-order valence-electron chi connectivity index (χ4n) is 4.09. The van der Waals surface area contributed by atoms with Gasteiger partial charge in [-0.05, 0) is 36.1 Å². The van der Waals surface area contributed by atoms with Crippen LogP contribution >= 0.6 is 0 Å². The van der Waals surface area contributed by atoms with Crippen molar-refractivity contribution in [1.82, 2.24) is 4.90 Å². The van der Waals surface area contributed by atoms with E-state index in [4.69, 9.17) is 9.47 Å². The van der Waals surface area contributed by atoms with E-state index >= 15 is 0 Å². The molecule has 1 aliphatic heterocycles. The molecule has 0 unspecified atom stereocenters. The van der Waals surface area contributed by atoms with E-state index in [0.717, 1.165) is 63.6 Å². The van der Waals surface area contributed by atoms with Crippen LogP contribution < -0.4 is 4.74 Å². The number of rotatable bonds is 10. The van der Waals surface area contributed by atoms with Gasteiger partial charge in [0.05, 0.1) is 25.4 Å². The highest BCUT2D eigenvalue weighted by Crippen LogP contribution is 2.41. The Morgan fingerprint density at radius 3 is 2.34 bits per heavy atom. The molecule has 1 fully saturated rings. The number of nitrogens with zero attached hydrogens (tertiary/aromatic N) is 1. The summed E-state index contributed by atoms with van der Waals surface area (Å²) >= 11 is 0. The molecule has 4 heteroatoms. The Hall–Kier alpha value is -1.88. The van der Waals surface area contributed by atoms with Crippen LogP contribution in [0.4, 0.5) is 0 Å². The van der Waals surface area contributed by atoms with Crippen molar-refractivity contribution in [2.45, 2.75) is 44.6 Å².